The number of ether oxygens (including phenoxy) is 2. The Morgan fingerprint density at radius 2 is 1.72 bits per heavy atom. The summed E-state index contributed by atoms with van der Waals surface area (Å²) in [5, 5.41) is 0. The predicted molar refractivity (Wildman–Crippen MR) is 94.8 cm³/mol. The second-order valence-corrected chi connectivity index (χ2v) is 5.64. The predicted octanol–water partition coefficient (Wildman–Crippen LogP) is 2.01. The quantitative estimate of drug-likeness (QED) is 0.795. The van der Waals surface area contributed by atoms with E-state index in [4.69, 9.17) is 15.2 Å². The van der Waals surface area contributed by atoms with Gasteiger partial charge in [-0.15, -0.1) is 0 Å². The zero-order chi connectivity index (χ0) is 18.2. The fraction of sp³-hybridized carbons (Fsp3) is 0.263. The molecule has 0 aliphatic heterocycles. The van der Waals surface area contributed by atoms with E-state index in [2.05, 4.69) is 0 Å². The molecule has 0 saturated carbocycles. The zero-order valence-electron chi connectivity index (χ0n) is 14.4. The molecule has 2 N–H and O–H groups in total. The molecule has 2 rings (SSSR count). The van der Waals surface area contributed by atoms with Crippen molar-refractivity contribution >= 4 is 11.8 Å². The van der Waals surface area contributed by atoms with Crippen molar-refractivity contribution in [1.82, 2.24) is 4.90 Å². The molecule has 0 radical (unpaired) electrons. The summed E-state index contributed by atoms with van der Waals surface area (Å²) >= 11 is 0. The monoisotopic (exact) mass is 342 g/mol. The van der Waals surface area contributed by atoms with Crippen LogP contribution in [0.25, 0.3) is 0 Å². The van der Waals surface area contributed by atoms with Crippen molar-refractivity contribution in [3.63, 3.8) is 0 Å². The Morgan fingerprint density at radius 1 is 1.04 bits per heavy atom. The van der Waals surface area contributed by atoms with Crippen LogP contribution in [-0.2, 0) is 4.79 Å². The van der Waals surface area contributed by atoms with Gasteiger partial charge in [-0.05, 0) is 31.2 Å². The molecule has 0 fully saturated rings. The lowest BCUT2D eigenvalue weighted by Crippen LogP contribution is -2.31. The van der Waals surface area contributed by atoms with Gasteiger partial charge in [0, 0.05) is 7.05 Å². The topological polar surface area (TPSA) is 81.9 Å². The molecule has 0 spiro atoms. The van der Waals surface area contributed by atoms with Gasteiger partial charge in [-0.3, -0.25) is 9.59 Å². The molecule has 0 aliphatic carbocycles. The minimum atomic E-state index is -0.595. The SMILES string of the molecule is Cc1ccc(OCCN(C)C(=O)c2ccccc2OCC(N)=O)cc1. The lowest BCUT2D eigenvalue weighted by molar-refractivity contribution is -0.119. The maximum atomic E-state index is 12.6. The van der Waals surface area contributed by atoms with Gasteiger partial charge in [0.2, 0.25) is 0 Å². The molecule has 2 amide bonds. The molecule has 0 unspecified atom stereocenters. The molecule has 0 heterocycles. The summed E-state index contributed by atoms with van der Waals surface area (Å²) in [5.74, 6) is 0.281. The van der Waals surface area contributed by atoms with Gasteiger partial charge >= 0.3 is 0 Å². The van der Waals surface area contributed by atoms with Crippen molar-refractivity contribution in [2.45, 2.75) is 6.92 Å². The van der Waals surface area contributed by atoms with Crippen LogP contribution < -0.4 is 15.2 Å². The first kappa shape index (κ1) is 18.3. The highest BCUT2D eigenvalue weighted by Crippen LogP contribution is 2.19. The Labute approximate surface area is 147 Å². The highest BCUT2D eigenvalue weighted by Gasteiger charge is 2.16. The number of carbonyl (C=O) groups excluding carboxylic acids is 2. The number of likely N-dealkylation sites (N-methyl/N-ethyl adjacent to an activating group) is 1. The standard InChI is InChI=1S/C19H22N2O4/c1-14-7-9-15(10-8-14)24-12-11-21(2)19(23)16-5-3-4-6-17(16)25-13-18(20)22/h3-10H,11-13H2,1-2H3,(H2,20,22). The second kappa shape index (κ2) is 8.73. The number of carbonyl (C=O) groups is 2. The van der Waals surface area contributed by atoms with E-state index in [9.17, 15) is 9.59 Å². The van der Waals surface area contributed by atoms with Crippen LogP contribution in [0.2, 0.25) is 0 Å². The molecule has 0 saturated heterocycles. The summed E-state index contributed by atoms with van der Waals surface area (Å²) in [5.41, 5.74) is 6.62. The zero-order valence-corrected chi connectivity index (χ0v) is 14.4. The Hall–Kier alpha value is -3.02. The van der Waals surface area contributed by atoms with Crippen molar-refractivity contribution < 1.29 is 19.1 Å². The van der Waals surface area contributed by atoms with Crippen LogP contribution in [0.15, 0.2) is 48.5 Å². The Morgan fingerprint density at radius 3 is 2.40 bits per heavy atom. The third kappa shape index (κ3) is 5.53. The fourth-order valence-corrected chi connectivity index (χ4v) is 2.16. The first-order valence-corrected chi connectivity index (χ1v) is 7.92. The van der Waals surface area contributed by atoms with E-state index < -0.39 is 5.91 Å². The maximum Gasteiger partial charge on any atom is 0.257 e. The average molecular weight is 342 g/mol. The highest BCUT2D eigenvalue weighted by molar-refractivity contribution is 5.96. The summed E-state index contributed by atoms with van der Waals surface area (Å²) in [6.07, 6.45) is 0. The fourth-order valence-electron chi connectivity index (χ4n) is 2.16. The van der Waals surface area contributed by atoms with Gasteiger partial charge < -0.3 is 20.1 Å². The Balaban J connectivity index is 1.93. The minimum Gasteiger partial charge on any atom is -0.492 e. The maximum absolute atomic E-state index is 12.6. The van der Waals surface area contributed by atoms with E-state index in [0.717, 1.165) is 11.3 Å². The first-order valence-electron chi connectivity index (χ1n) is 7.92. The van der Waals surface area contributed by atoms with Crippen molar-refractivity contribution in [2.75, 3.05) is 26.8 Å². The van der Waals surface area contributed by atoms with Gasteiger partial charge in [0.1, 0.15) is 18.1 Å². The smallest absolute Gasteiger partial charge is 0.257 e. The number of nitrogens with zero attached hydrogens (tertiary/aromatic N) is 1. The van der Waals surface area contributed by atoms with Crippen molar-refractivity contribution in [3.05, 3.63) is 59.7 Å². The lowest BCUT2D eigenvalue weighted by atomic mass is 10.2. The van der Waals surface area contributed by atoms with Gasteiger partial charge in [0.05, 0.1) is 12.1 Å². The number of nitrogens with two attached hydrogens (primary N) is 1. The van der Waals surface area contributed by atoms with E-state index in [1.807, 2.05) is 31.2 Å². The number of aryl methyl sites for hydroxylation is 1. The van der Waals surface area contributed by atoms with E-state index in [1.54, 1.807) is 36.2 Å². The van der Waals surface area contributed by atoms with Crippen molar-refractivity contribution in [3.8, 4) is 11.5 Å². The average Bonchev–Trinajstić information content (AvgIpc) is 2.61. The molecular formula is C19H22N2O4. The minimum absolute atomic E-state index is 0.215. The van der Waals surface area contributed by atoms with Gasteiger partial charge in [-0.1, -0.05) is 29.8 Å². The van der Waals surface area contributed by atoms with E-state index in [1.165, 1.54) is 0 Å². The number of hydrogen-bond donors (Lipinski definition) is 1. The summed E-state index contributed by atoms with van der Waals surface area (Å²) in [4.78, 5) is 25.0. The molecule has 2 aromatic carbocycles. The van der Waals surface area contributed by atoms with Crippen LogP contribution in [0.5, 0.6) is 11.5 Å². The number of para-hydroxylation sites is 1. The van der Waals surface area contributed by atoms with Gasteiger partial charge in [-0.25, -0.2) is 0 Å². The van der Waals surface area contributed by atoms with Crippen LogP contribution in [0, 0.1) is 6.92 Å². The number of amides is 2. The third-order valence-corrected chi connectivity index (χ3v) is 3.55. The summed E-state index contributed by atoms with van der Waals surface area (Å²) in [6.45, 7) is 2.52. The molecule has 132 valence electrons. The molecule has 0 aliphatic rings. The van der Waals surface area contributed by atoms with Gasteiger partial charge in [0.15, 0.2) is 6.61 Å². The molecule has 6 nitrogen and oxygen atoms in total. The largest absolute Gasteiger partial charge is 0.492 e. The van der Waals surface area contributed by atoms with Crippen LogP contribution >= 0.6 is 0 Å². The first-order chi connectivity index (χ1) is 12.0. The highest BCUT2D eigenvalue weighted by atomic mass is 16.5. The van der Waals surface area contributed by atoms with Crippen LogP contribution in [0.4, 0.5) is 0 Å². The van der Waals surface area contributed by atoms with Crippen LogP contribution in [-0.4, -0.2) is 43.5 Å². The molecule has 25 heavy (non-hydrogen) atoms. The summed E-state index contributed by atoms with van der Waals surface area (Å²) in [6, 6.07) is 14.5. The Kier molecular flexibility index (Phi) is 6.39. The molecule has 6 heteroatoms. The van der Waals surface area contributed by atoms with Crippen molar-refractivity contribution in [1.29, 1.82) is 0 Å². The molecule has 2 aromatic rings. The summed E-state index contributed by atoms with van der Waals surface area (Å²) in [7, 11) is 1.69. The molecular weight excluding hydrogens is 320 g/mol. The van der Waals surface area contributed by atoms with E-state index >= 15 is 0 Å². The van der Waals surface area contributed by atoms with E-state index in [-0.39, 0.29) is 12.5 Å². The molecule has 0 aromatic heterocycles. The second-order valence-electron chi connectivity index (χ2n) is 5.64. The van der Waals surface area contributed by atoms with Gasteiger partial charge in [-0.2, -0.15) is 0 Å². The molecule has 0 atom stereocenters. The van der Waals surface area contributed by atoms with Crippen LogP contribution in [0.1, 0.15) is 15.9 Å². The van der Waals surface area contributed by atoms with Crippen LogP contribution in [0.3, 0.4) is 0 Å². The summed E-state index contributed by atoms with van der Waals surface area (Å²) < 4.78 is 10.9. The lowest BCUT2D eigenvalue weighted by Gasteiger charge is -2.19. The van der Waals surface area contributed by atoms with E-state index in [0.29, 0.717) is 24.5 Å². The normalized spacial score (nSPS) is 10.2. The number of rotatable bonds is 8. The third-order valence-electron chi connectivity index (χ3n) is 3.55. The van der Waals surface area contributed by atoms with Gasteiger partial charge in [0.25, 0.3) is 11.8 Å². The van der Waals surface area contributed by atoms with Crippen molar-refractivity contribution in [2.24, 2.45) is 5.73 Å². The number of hydrogen-bond acceptors (Lipinski definition) is 4. The number of benzene rings is 2. The Bertz CT molecular complexity index is 728. The number of primary amides is 1. The molecule has 0 bridgehead atoms.